The highest BCUT2D eigenvalue weighted by Crippen LogP contribution is 2.50. The normalized spacial score (nSPS) is 15.7. The topological polar surface area (TPSA) is 100 Å². The Kier molecular flexibility index (Phi) is 5.49. The number of carbonyl (C=O) groups is 1. The zero-order valence-corrected chi connectivity index (χ0v) is 17.8. The number of anilines is 1. The Morgan fingerprint density at radius 3 is 2.50 bits per heavy atom. The number of thioether (sulfide) groups is 1. The molecule has 9 nitrogen and oxygen atoms in total. The van der Waals surface area contributed by atoms with Gasteiger partial charge in [-0.25, -0.2) is 9.97 Å². The largest absolute Gasteiger partial charge is 0.493 e. The first-order valence-electron chi connectivity index (χ1n) is 9.16. The molecule has 1 atom stereocenters. The van der Waals surface area contributed by atoms with Crippen LogP contribution in [0.5, 0.6) is 17.2 Å². The number of rotatable bonds is 5. The van der Waals surface area contributed by atoms with Crippen LogP contribution < -0.4 is 19.5 Å². The van der Waals surface area contributed by atoms with Crippen LogP contribution >= 0.6 is 11.8 Å². The van der Waals surface area contributed by atoms with Crippen molar-refractivity contribution in [3.05, 3.63) is 47.4 Å². The number of carbonyl (C=O) groups excluding carboxylic acids is 1. The lowest BCUT2D eigenvalue weighted by Gasteiger charge is -2.21. The number of nitrogens with zero attached hydrogens (tertiary/aromatic N) is 4. The molecule has 30 heavy (non-hydrogen) atoms. The quantitative estimate of drug-likeness (QED) is 0.663. The van der Waals surface area contributed by atoms with E-state index in [0.717, 1.165) is 16.8 Å². The highest BCUT2D eigenvalue weighted by molar-refractivity contribution is 8.00. The Bertz CT molecular complexity index is 1090. The summed E-state index contributed by atoms with van der Waals surface area (Å²) >= 11 is 1.49. The van der Waals surface area contributed by atoms with Gasteiger partial charge in [-0.15, -0.1) is 11.8 Å². The van der Waals surface area contributed by atoms with Gasteiger partial charge in [-0.2, -0.15) is 9.78 Å². The van der Waals surface area contributed by atoms with Gasteiger partial charge in [0, 0.05) is 23.5 Å². The predicted octanol–water partition coefficient (Wildman–Crippen LogP) is 2.77. The summed E-state index contributed by atoms with van der Waals surface area (Å²) in [5.74, 6) is 2.70. The third-order valence-corrected chi connectivity index (χ3v) is 6.02. The number of amides is 1. The lowest BCUT2D eigenvalue weighted by molar-refractivity contribution is -0.113. The van der Waals surface area contributed by atoms with E-state index in [1.54, 1.807) is 44.5 Å². The molecule has 0 saturated heterocycles. The van der Waals surface area contributed by atoms with Gasteiger partial charge in [0.25, 0.3) is 5.95 Å². The van der Waals surface area contributed by atoms with Gasteiger partial charge in [-0.05, 0) is 25.1 Å². The Morgan fingerprint density at radius 2 is 1.83 bits per heavy atom. The van der Waals surface area contributed by atoms with E-state index >= 15 is 0 Å². The molecule has 10 heteroatoms. The highest BCUT2D eigenvalue weighted by atomic mass is 32.2. The first kappa shape index (κ1) is 20.0. The predicted molar refractivity (Wildman–Crippen MR) is 113 cm³/mol. The molecule has 3 heterocycles. The second kappa shape index (κ2) is 8.23. The van der Waals surface area contributed by atoms with Crippen molar-refractivity contribution in [1.29, 1.82) is 0 Å². The number of fused-ring (bicyclic) bond motifs is 1. The van der Waals surface area contributed by atoms with Crippen molar-refractivity contribution in [2.75, 3.05) is 32.4 Å². The summed E-state index contributed by atoms with van der Waals surface area (Å²) in [5.41, 5.74) is 2.48. The first-order chi connectivity index (χ1) is 14.6. The number of benzene rings is 1. The van der Waals surface area contributed by atoms with Crippen LogP contribution in [0.15, 0.2) is 30.6 Å². The molecule has 0 bridgehead atoms. The average Bonchev–Trinajstić information content (AvgIpc) is 2.98. The summed E-state index contributed by atoms with van der Waals surface area (Å²) in [7, 11) is 4.73. The number of hydrogen-bond donors (Lipinski definition) is 1. The van der Waals surface area contributed by atoms with Gasteiger partial charge < -0.3 is 19.5 Å². The number of ether oxygens (including phenoxy) is 3. The summed E-state index contributed by atoms with van der Waals surface area (Å²) in [6.07, 6.45) is 3.27. The molecule has 3 aromatic rings. The van der Waals surface area contributed by atoms with E-state index in [9.17, 15) is 4.79 Å². The third-order valence-electron chi connectivity index (χ3n) is 4.77. The Labute approximate surface area is 177 Å². The number of nitrogens with one attached hydrogen (secondary N) is 1. The van der Waals surface area contributed by atoms with Crippen LogP contribution in [-0.4, -0.2) is 52.7 Å². The van der Waals surface area contributed by atoms with E-state index in [-0.39, 0.29) is 16.9 Å². The zero-order valence-electron chi connectivity index (χ0n) is 17.0. The maximum absolute atomic E-state index is 12.5. The molecule has 0 aliphatic carbocycles. The van der Waals surface area contributed by atoms with Gasteiger partial charge in [0.05, 0.1) is 38.0 Å². The summed E-state index contributed by atoms with van der Waals surface area (Å²) in [6, 6.07) is 5.48. The summed E-state index contributed by atoms with van der Waals surface area (Å²) < 4.78 is 18.2. The van der Waals surface area contributed by atoms with E-state index in [0.29, 0.717) is 29.0 Å². The van der Waals surface area contributed by atoms with Gasteiger partial charge in [-0.3, -0.25) is 4.79 Å². The molecule has 1 amide bonds. The first-order valence-corrected chi connectivity index (χ1v) is 10.2. The van der Waals surface area contributed by atoms with Crippen molar-refractivity contribution in [2.45, 2.75) is 12.2 Å². The molecule has 2 aromatic heterocycles. The number of hydrogen-bond acceptors (Lipinski definition) is 8. The van der Waals surface area contributed by atoms with E-state index < -0.39 is 0 Å². The molecule has 0 fully saturated rings. The fourth-order valence-corrected chi connectivity index (χ4v) is 4.71. The van der Waals surface area contributed by atoms with E-state index in [4.69, 9.17) is 14.2 Å². The molecule has 1 unspecified atom stereocenters. The monoisotopic (exact) mass is 427 g/mol. The number of methoxy groups -OCH3 is 3. The third kappa shape index (κ3) is 3.32. The average molecular weight is 427 g/mol. The molecular weight excluding hydrogens is 406 g/mol. The standard InChI is InChI=1S/C20H21N5O4S/c1-11-15-18(12-6-7-13(27-2)17(29-4)16(12)28-3)30-10-14(26)23-19(15)25(24-11)20-21-8-5-9-22-20/h5-9,18H,10H2,1-4H3,(H,23,26). The van der Waals surface area contributed by atoms with Crippen molar-refractivity contribution in [1.82, 2.24) is 19.7 Å². The van der Waals surface area contributed by atoms with Crippen molar-refractivity contribution in [3.8, 4) is 23.2 Å². The van der Waals surface area contributed by atoms with Crippen LogP contribution in [0.4, 0.5) is 5.82 Å². The zero-order chi connectivity index (χ0) is 21.3. The fourth-order valence-electron chi connectivity index (χ4n) is 3.51. The number of aryl methyl sites for hydroxylation is 1. The molecular formula is C20H21N5O4S. The van der Waals surface area contributed by atoms with Crippen LogP contribution in [0, 0.1) is 6.92 Å². The molecule has 0 radical (unpaired) electrons. The van der Waals surface area contributed by atoms with E-state index in [2.05, 4.69) is 20.4 Å². The minimum absolute atomic E-state index is 0.125. The molecule has 1 aliphatic rings. The maximum Gasteiger partial charge on any atom is 0.252 e. The molecule has 1 N–H and O–H groups in total. The van der Waals surface area contributed by atoms with Gasteiger partial charge in [0.2, 0.25) is 11.7 Å². The van der Waals surface area contributed by atoms with Crippen molar-refractivity contribution >= 4 is 23.5 Å². The van der Waals surface area contributed by atoms with Crippen molar-refractivity contribution in [2.24, 2.45) is 0 Å². The SMILES string of the molecule is COc1ccc(C2SCC(=O)Nc3c2c(C)nn3-c2ncccn2)c(OC)c1OC. The van der Waals surface area contributed by atoms with Gasteiger partial charge in [0.1, 0.15) is 5.82 Å². The minimum Gasteiger partial charge on any atom is -0.493 e. The van der Waals surface area contributed by atoms with Crippen molar-refractivity contribution in [3.63, 3.8) is 0 Å². The summed E-state index contributed by atoms with van der Waals surface area (Å²) in [6.45, 7) is 1.90. The van der Waals surface area contributed by atoms with Crippen LogP contribution in [0.1, 0.15) is 22.1 Å². The Morgan fingerprint density at radius 1 is 1.10 bits per heavy atom. The second-order valence-corrected chi connectivity index (χ2v) is 7.56. The second-order valence-electron chi connectivity index (χ2n) is 6.47. The van der Waals surface area contributed by atoms with Crippen LogP contribution in [0.3, 0.4) is 0 Å². The van der Waals surface area contributed by atoms with Crippen LogP contribution in [-0.2, 0) is 4.79 Å². The van der Waals surface area contributed by atoms with Gasteiger partial charge in [0.15, 0.2) is 11.5 Å². The van der Waals surface area contributed by atoms with Crippen molar-refractivity contribution < 1.29 is 19.0 Å². The molecule has 0 saturated carbocycles. The van der Waals surface area contributed by atoms with E-state index in [1.165, 1.54) is 11.8 Å². The minimum atomic E-state index is -0.230. The molecule has 1 aromatic carbocycles. The van der Waals surface area contributed by atoms with E-state index in [1.807, 2.05) is 19.1 Å². The maximum atomic E-state index is 12.5. The lowest BCUT2D eigenvalue weighted by atomic mass is 10.0. The fraction of sp³-hybridized carbons (Fsp3) is 0.300. The number of aromatic nitrogens is 4. The molecule has 0 spiro atoms. The smallest absolute Gasteiger partial charge is 0.252 e. The summed E-state index contributed by atoms with van der Waals surface area (Å²) in [5, 5.41) is 7.35. The molecule has 1 aliphatic heterocycles. The van der Waals surface area contributed by atoms with Gasteiger partial charge in [-0.1, -0.05) is 0 Å². The van der Waals surface area contributed by atoms with Gasteiger partial charge >= 0.3 is 0 Å². The lowest BCUT2D eigenvalue weighted by Crippen LogP contribution is -2.16. The Balaban J connectivity index is 1.93. The summed E-state index contributed by atoms with van der Waals surface area (Å²) in [4.78, 5) is 21.1. The Hall–Kier alpha value is -3.27. The molecule has 156 valence electrons. The highest BCUT2D eigenvalue weighted by Gasteiger charge is 2.34. The van der Waals surface area contributed by atoms with Crippen LogP contribution in [0.25, 0.3) is 5.95 Å². The van der Waals surface area contributed by atoms with Crippen LogP contribution in [0.2, 0.25) is 0 Å². The molecule has 4 rings (SSSR count).